The Morgan fingerprint density at radius 1 is 1.05 bits per heavy atom. The van der Waals surface area contributed by atoms with Gasteiger partial charge in [0.2, 0.25) is 0 Å². The van der Waals surface area contributed by atoms with Crippen molar-refractivity contribution in [3.63, 3.8) is 0 Å². The summed E-state index contributed by atoms with van der Waals surface area (Å²) in [6.07, 6.45) is 0. The van der Waals surface area contributed by atoms with Crippen LogP contribution in [0.15, 0.2) is 42.5 Å². The van der Waals surface area contributed by atoms with E-state index in [9.17, 15) is 4.39 Å². The molecule has 0 heterocycles. The molecule has 20 heavy (non-hydrogen) atoms. The normalized spacial score (nSPS) is 10.6. The summed E-state index contributed by atoms with van der Waals surface area (Å²) in [7, 11) is 4.03. The van der Waals surface area contributed by atoms with Gasteiger partial charge in [0.15, 0.2) is 0 Å². The van der Waals surface area contributed by atoms with E-state index in [1.165, 1.54) is 6.07 Å². The minimum Gasteiger partial charge on any atom is -0.378 e. The fraction of sp³-hybridized carbons (Fsp3) is 0.294. The molecule has 0 unspecified atom stereocenters. The van der Waals surface area contributed by atoms with Crippen molar-refractivity contribution in [3.8, 4) is 11.1 Å². The van der Waals surface area contributed by atoms with Gasteiger partial charge in [-0.05, 0) is 47.5 Å². The van der Waals surface area contributed by atoms with Crippen molar-refractivity contribution in [2.24, 2.45) is 0 Å². The number of anilines is 1. The van der Waals surface area contributed by atoms with Gasteiger partial charge in [-0.1, -0.05) is 25.1 Å². The number of nitrogens with zero attached hydrogens (tertiary/aromatic N) is 1. The third-order valence-electron chi connectivity index (χ3n) is 3.33. The van der Waals surface area contributed by atoms with Gasteiger partial charge in [0, 0.05) is 26.3 Å². The summed E-state index contributed by atoms with van der Waals surface area (Å²) in [4.78, 5) is 2.06. The van der Waals surface area contributed by atoms with Crippen LogP contribution in [-0.2, 0) is 6.54 Å². The highest BCUT2D eigenvalue weighted by Crippen LogP contribution is 2.26. The third-order valence-corrected chi connectivity index (χ3v) is 3.33. The molecule has 2 aromatic carbocycles. The molecule has 2 rings (SSSR count). The molecule has 0 atom stereocenters. The Morgan fingerprint density at radius 2 is 1.75 bits per heavy atom. The number of hydrogen-bond acceptors (Lipinski definition) is 2. The summed E-state index contributed by atoms with van der Waals surface area (Å²) >= 11 is 0. The minimum atomic E-state index is -0.188. The molecule has 2 aromatic rings. The fourth-order valence-electron chi connectivity index (χ4n) is 2.19. The summed E-state index contributed by atoms with van der Waals surface area (Å²) in [5, 5.41) is 3.26. The maximum Gasteiger partial charge on any atom is 0.123 e. The van der Waals surface area contributed by atoms with Crippen LogP contribution in [0.3, 0.4) is 0 Å². The molecule has 3 heteroatoms. The first-order chi connectivity index (χ1) is 9.61. The number of hydrogen-bond donors (Lipinski definition) is 1. The van der Waals surface area contributed by atoms with Crippen molar-refractivity contribution < 1.29 is 4.39 Å². The smallest absolute Gasteiger partial charge is 0.123 e. The standard InChI is InChI=1S/C17H21FN2/c1-4-19-12-14-11-15(18)7-10-17(14)13-5-8-16(9-6-13)20(2)3/h5-11,19H,4,12H2,1-3H3. The van der Waals surface area contributed by atoms with E-state index in [1.807, 2.05) is 27.1 Å². The second-order valence-electron chi connectivity index (χ2n) is 5.02. The molecule has 0 amide bonds. The lowest BCUT2D eigenvalue weighted by Gasteiger charge is -2.14. The molecule has 0 aliphatic carbocycles. The first-order valence-electron chi connectivity index (χ1n) is 6.88. The Kier molecular flexibility index (Phi) is 4.74. The number of benzene rings is 2. The topological polar surface area (TPSA) is 15.3 Å². The van der Waals surface area contributed by atoms with Crippen LogP contribution in [0.5, 0.6) is 0 Å². The third kappa shape index (κ3) is 3.36. The quantitative estimate of drug-likeness (QED) is 0.893. The Balaban J connectivity index is 2.35. The van der Waals surface area contributed by atoms with Crippen molar-refractivity contribution in [1.82, 2.24) is 5.32 Å². The number of nitrogens with one attached hydrogen (secondary N) is 1. The molecule has 0 saturated carbocycles. The average molecular weight is 272 g/mol. The van der Waals surface area contributed by atoms with Crippen molar-refractivity contribution in [2.75, 3.05) is 25.5 Å². The molecule has 0 bridgehead atoms. The van der Waals surface area contributed by atoms with E-state index >= 15 is 0 Å². The zero-order valence-electron chi connectivity index (χ0n) is 12.3. The van der Waals surface area contributed by atoms with Crippen molar-refractivity contribution >= 4 is 5.69 Å². The van der Waals surface area contributed by atoms with E-state index in [0.29, 0.717) is 6.54 Å². The second kappa shape index (κ2) is 6.53. The predicted molar refractivity (Wildman–Crippen MR) is 83.5 cm³/mol. The summed E-state index contributed by atoms with van der Waals surface area (Å²) in [6.45, 7) is 3.60. The van der Waals surface area contributed by atoms with Crippen LogP contribution in [0.4, 0.5) is 10.1 Å². The molecule has 0 aliphatic heterocycles. The molecule has 0 aromatic heterocycles. The lowest BCUT2D eigenvalue weighted by molar-refractivity contribution is 0.622. The van der Waals surface area contributed by atoms with Gasteiger partial charge >= 0.3 is 0 Å². The summed E-state index contributed by atoms with van der Waals surface area (Å²) < 4.78 is 13.4. The fourth-order valence-corrected chi connectivity index (χ4v) is 2.19. The zero-order valence-corrected chi connectivity index (χ0v) is 12.3. The molecule has 0 radical (unpaired) electrons. The van der Waals surface area contributed by atoms with Gasteiger partial charge in [-0.2, -0.15) is 0 Å². The van der Waals surface area contributed by atoms with E-state index < -0.39 is 0 Å². The SMILES string of the molecule is CCNCc1cc(F)ccc1-c1ccc(N(C)C)cc1. The van der Waals surface area contributed by atoms with Crippen LogP contribution >= 0.6 is 0 Å². The molecule has 0 fully saturated rings. The molecule has 1 N–H and O–H groups in total. The van der Waals surface area contributed by atoms with Gasteiger partial charge in [0.1, 0.15) is 5.82 Å². The average Bonchev–Trinajstić information content (AvgIpc) is 2.45. The van der Waals surface area contributed by atoms with Gasteiger partial charge in [0.05, 0.1) is 0 Å². The van der Waals surface area contributed by atoms with E-state index in [0.717, 1.165) is 28.9 Å². The van der Waals surface area contributed by atoms with Crippen molar-refractivity contribution in [3.05, 3.63) is 53.8 Å². The second-order valence-corrected chi connectivity index (χ2v) is 5.02. The largest absolute Gasteiger partial charge is 0.378 e. The summed E-state index contributed by atoms with van der Waals surface area (Å²) in [5.74, 6) is -0.188. The van der Waals surface area contributed by atoms with E-state index in [2.05, 4.69) is 34.5 Å². The first-order valence-corrected chi connectivity index (χ1v) is 6.88. The molecule has 0 saturated heterocycles. The molecular formula is C17H21FN2. The Labute approximate surface area is 120 Å². The van der Waals surface area contributed by atoms with Crippen LogP contribution < -0.4 is 10.2 Å². The number of halogens is 1. The highest BCUT2D eigenvalue weighted by molar-refractivity contribution is 5.69. The lowest BCUT2D eigenvalue weighted by atomic mass is 9.99. The highest BCUT2D eigenvalue weighted by Gasteiger charge is 2.07. The maximum absolute atomic E-state index is 13.4. The first kappa shape index (κ1) is 14.5. The molecule has 0 aliphatic rings. The maximum atomic E-state index is 13.4. The van der Waals surface area contributed by atoms with Crippen LogP contribution in [0.2, 0.25) is 0 Å². The van der Waals surface area contributed by atoms with Crippen LogP contribution in [0, 0.1) is 5.82 Å². The zero-order chi connectivity index (χ0) is 14.5. The van der Waals surface area contributed by atoms with E-state index in [1.54, 1.807) is 6.07 Å². The van der Waals surface area contributed by atoms with E-state index in [-0.39, 0.29) is 5.82 Å². The van der Waals surface area contributed by atoms with Gasteiger partial charge in [0.25, 0.3) is 0 Å². The monoisotopic (exact) mass is 272 g/mol. The Morgan fingerprint density at radius 3 is 2.35 bits per heavy atom. The minimum absolute atomic E-state index is 0.188. The lowest BCUT2D eigenvalue weighted by Crippen LogP contribution is -2.12. The van der Waals surface area contributed by atoms with Gasteiger partial charge in [-0.25, -0.2) is 4.39 Å². The van der Waals surface area contributed by atoms with Gasteiger partial charge in [-0.3, -0.25) is 0 Å². The van der Waals surface area contributed by atoms with Crippen molar-refractivity contribution in [1.29, 1.82) is 0 Å². The molecule has 2 nitrogen and oxygen atoms in total. The van der Waals surface area contributed by atoms with E-state index in [4.69, 9.17) is 0 Å². The molecule has 106 valence electrons. The van der Waals surface area contributed by atoms with Gasteiger partial charge < -0.3 is 10.2 Å². The van der Waals surface area contributed by atoms with Crippen molar-refractivity contribution in [2.45, 2.75) is 13.5 Å². The summed E-state index contributed by atoms with van der Waals surface area (Å²) in [5.41, 5.74) is 4.34. The van der Waals surface area contributed by atoms with Crippen LogP contribution in [0.25, 0.3) is 11.1 Å². The van der Waals surface area contributed by atoms with Crippen LogP contribution in [-0.4, -0.2) is 20.6 Å². The highest BCUT2D eigenvalue weighted by atomic mass is 19.1. The molecule has 0 spiro atoms. The molecular weight excluding hydrogens is 251 g/mol. The Bertz CT molecular complexity index is 562. The number of rotatable bonds is 5. The van der Waals surface area contributed by atoms with Gasteiger partial charge in [-0.15, -0.1) is 0 Å². The predicted octanol–water partition coefficient (Wildman–Crippen LogP) is 3.67. The summed E-state index contributed by atoms with van der Waals surface area (Å²) in [6, 6.07) is 13.3. The Hall–Kier alpha value is -1.87. The van der Waals surface area contributed by atoms with Crippen LogP contribution in [0.1, 0.15) is 12.5 Å².